The molecule has 0 bridgehead atoms. The number of piperidine rings is 1. The molecule has 3 amide bonds. The van der Waals surface area contributed by atoms with E-state index in [0.29, 0.717) is 12.8 Å². The van der Waals surface area contributed by atoms with Crippen LogP contribution in [0.1, 0.15) is 24.0 Å². The molecule has 134 valence electrons. The van der Waals surface area contributed by atoms with Crippen molar-refractivity contribution in [3.8, 4) is 0 Å². The quantitative estimate of drug-likeness (QED) is 0.867. The number of urea groups is 1. The van der Waals surface area contributed by atoms with Gasteiger partial charge in [0.25, 0.3) is 5.91 Å². The smallest absolute Gasteiger partial charge is 0.299 e. The number of nitrogens with zero attached hydrogens (tertiary/aromatic N) is 2. The van der Waals surface area contributed by atoms with Crippen LogP contribution in [-0.2, 0) is 11.3 Å². The van der Waals surface area contributed by atoms with Crippen LogP contribution in [0.5, 0.6) is 0 Å². The van der Waals surface area contributed by atoms with Crippen molar-refractivity contribution in [3.05, 3.63) is 65.7 Å². The van der Waals surface area contributed by atoms with E-state index >= 15 is 0 Å². The molecule has 4 rings (SSSR count). The predicted molar refractivity (Wildman–Crippen MR) is 101 cm³/mol. The summed E-state index contributed by atoms with van der Waals surface area (Å²) in [5.41, 5.74) is 2.38. The number of amides is 3. The normalized spacial score (nSPS) is 19.8. The summed E-state index contributed by atoms with van der Waals surface area (Å²) in [7, 11) is 0. The first-order valence-corrected chi connectivity index (χ1v) is 9.07. The van der Waals surface area contributed by atoms with Crippen molar-refractivity contribution in [2.24, 2.45) is 0 Å². The molecule has 1 spiro atoms. The van der Waals surface area contributed by atoms with Crippen molar-refractivity contribution >= 4 is 17.6 Å². The first-order valence-electron chi connectivity index (χ1n) is 9.07. The van der Waals surface area contributed by atoms with E-state index in [9.17, 15) is 9.59 Å². The molecule has 1 N–H and O–H groups in total. The standard InChI is InChI=1S/C21H23N3O2/c1-16-6-5-9-18(14-16)24-20(26)22-19(25)21(24)10-12-23(13-11-21)15-17-7-3-2-4-8-17/h2-9,14H,10-13,15H2,1H3,(H,22,25,26). The zero-order valence-corrected chi connectivity index (χ0v) is 14.9. The molecule has 2 fully saturated rings. The lowest BCUT2D eigenvalue weighted by Gasteiger charge is -2.42. The van der Waals surface area contributed by atoms with Gasteiger partial charge >= 0.3 is 6.03 Å². The van der Waals surface area contributed by atoms with Crippen LogP contribution in [0, 0.1) is 6.92 Å². The Morgan fingerprint density at radius 2 is 1.73 bits per heavy atom. The molecule has 0 radical (unpaired) electrons. The second-order valence-corrected chi connectivity index (χ2v) is 7.23. The Hall–Kier alpha value is -2.66. The minimum atomic E-state index is -0.766. The number of hydrogen-bond donors (Lipinski definition) is 1. The number of hydrogen-bond acceptors (Lipinski definition) is 3. The van der Waals surface area contributed by atoms with Gasteiger partial charge in [0.1, 0.15) is 5.54 Å². The number of carbonyl (C=O) groups is 2. The van der Waals surface area contributed by atoms with Crippen LogP contribution in [0.3, 0.4) is 0 Å². The number of likely N-dealkylation sites (tertiary alicyclic amines) is 1. The minimum absolute atomic E-state index is 0.164. The number of imide groups is 1. The minimum Gasteiger partial charge on any atom is -0.299 e. The first-order chi connectivity index (χ1) is 12.6. The third kappa shape index (κ3) is 2.88. The van der Waals surface area contributed by atoms with Crippen LogP contribution >= 0.6 is 0 Å². The van der Waals surface area contributed by atoms with Crippen LogP contribution < -0.4 is 10.2 Å². The fourth-order valence-electron chi connectivity index (χ4n) is 4.07. The van der Waals surface area contributed by atoms with Crippen LogP contribution in [-0.4, -0.2) is 35.5 Å². The maximum Gasteiger partial charge on any atom is 0.329 e. The molecule has 26 heavy (non-hydrogen) atoms. The molecule has 0 saturated carbocycles. The Morgan fingerprint density at radius 1 is 1.00 bits per heavy atom. The summed E-state index contributed by atoms with van der Waals surface area (Å²) in [6.45, 7) is 4.45. The maximum absolute atomic E-state index is 12.7. The van der Waals surface area contributed by atoms with Gasteiger partial charge in [-0.05, 0) is 43.0 Å². The van der Waals surface area contributed by atoms with E-state index in [2.05, 4.69) is 22.3 Å². The van der Waals surface area contributed by atoms with Gasteiger partial charge in [0.05, 0.1) is 0 Å². The van der Waals surface area contributed by atoms with Gasteiger partial charge in [-0.15, -0.1) is 0 Å². The monoisotopic (exact) mass is 349 g/mol. The lowest BCUT2D eigenvalue weighted by atomic mass is 9.85. The first kappa shape index (κ1) is 16.8. The average molecular weight is 349 g/mol. The van der Waals surface area contributed by atoms with Gasteiger partial charge in [-0.2, -0.15) is 0 Å². The summed E-state index contributed by atoms with van der Waals surface area (Å²) in [4.78, 5) is 29.3. The number of aryl methyl sites for hydroxylation is 1. The van der Waals surface area contributed by atoms with E-state index in [0.717, 1.165) is 30.9 Å². The highest BCUT2D eigenvalue weighted by Gasteiger charge is 2.54. The number of nitrogens with one attached hydrogen (secondary N) is 1. The highest BCUT2D eigenvalue weighted by atomic mass is 16.2. The van der Waals surface area contributed by atoms with E-state index in [-0.39, 0.29) is 11.9 Å². The van der Waals surface area contributed by atoms with Crippen molar-refractivity contribution < 1.29 is 9.59 Å². The summed E-state index contributed by atoms with van der Waals surface area (Å²) in [5.74, 6) is -0.164. The molecule has 2 saturated heterocycles. The number of rotatable bonds is 3. The Kier molecular flexibility index (Phi) is 4.24. The lowest BCUT2D eigenvalue weighted by molar-refractivity contribution is -0.124. The molecule has 0 aromatic heterocycles. The molecular formula is C21H23N3O2. The van der Waals surface area contributed by atoms with E-state index in [4.69, 9.17) is 0 Å². The van der Waals surface area contributed by atoms with Gasteiger partial charge in [0.2, 0.25) is 0 Å². The highest BCUT2D eigenvalue weighted by molar-refractivity contribution is 6.17. The molecule has 5 nitrogen and oxygen atoms in total. The Labute approximate surface area is 153 Å². The van der Waals surface area contributed by atoms with Gasteiger partial charge in [-0.25, -0.2) is 4.79 Å². The van der Waals surface area contributed by atoms with E-state index in [1.807, 2.05) is 49.4 Å². The zero-order chi connectivity index (χ0) is 18.1. The Balaban J connectivity index is 1.55. The number of carbonyl (C=O) groups excluding carboxylic acids is 2. The highest BCUT2D eigenvalue weighted by Crippen LogP contribution is 2.37. The SMILES string of the molecule is Cc1cccc(N2C(=O)NC(=O)C23CCN(Cc2ccccc2)CC3)c1. The largest absolute Gasteiger partial charge is 0.329 e. The van der Waals surface area contributed by atoms with E-state index in [1.165, 1.54) is 5.56 Å². The molecule has 2 aromatic carbocycles. The molecular weight excluding hydrogens is 326 g/mol. The fraction of sp³-hybridized carbons (Fsp3) is 0.333. The van der Waals surface area contributed by atoms with Gasteiger partial charge < -0.3 is 0 Å². The summed E-state index contributed by atoms with van der Waals surface area (Å²) in [5, 5.41) is 2.54. The van der Waals surface area contributed by atoms with Gasteiger partial charge in [-0.3, -0.25) is 19.9 Å². The molecule has 2 heterocycles. The van der Waals surface area contributed by atoms with E-state index in [1.54, 1.807) is 4.90 Å². The van der Waals surface area contributed by atoms with Crippen molar-refractivity contribution in [3.63, 3.8) is 0 Å². The van der Waals surface area contributed by atoms with Crippen molar-refractivity contribution in [2.75, 3.05) is 18.0 Å². The second-order valence-electron chi connectivity index (χ2n) is 7.23. The number of anilines is 1. The third-order valence-corrected chi connectivity index (χ3v) is 5.47. The van der Waals surface area contributed by atoms with Gasteiger partial charge in [-0.1, -0.05) is 42.5 Å². The number of benzene rings is 2. The maximum atomic E-state index is 12.7. The van der Waals surface area contributed by atoms with Crippen molar-refractivity contribution in [2.45, 2.75) is 31.8 Å². The summed E-state index contributed by atoms with van der Waals surface area (Å²) < 4.78 is 0. The Morgan fingerprint density at radius 3 is 2.42 bits per heavy atom. The Bertz CT molecular complexity index is 826. The van der Waals surface area contributed by atoms with Crippen LogP contribution in [0.15, 0.2) is 54.6 Å². The second kappa shape index (κ2) is 6.57. The van der Waals surface area contributed by atoms with Crippen molar-refractivity contribution in [1.82, 2.24) is 10.2 Å². The van der Waals surface area contributed by atoms with Crippen LogP contribution in [0.2, 0.25) is 0 Å². The molecule has 2 aromatic rings. The summed E-state index contributed by atoms with van der Waals surface area (Å²) >= 11 is 0. The summed E-state index contributed by atoms with van der Waals surface area (Å²) in [6, 6.07) is 17.8. The van der Waals surface area contributed by atoms with Crippen molar-refractivity contribution in [1.29, 1.82) is 0 Å². The molecule has 0 atom stereocenters. The lowest BCUT2D eigenvalue weighted by Crippen LogP contribution is -2.56. The topological polar surface area (TPSA) is 52.7 Å². The van der Waals surface area contributed by atoms with Crippen LogP contribution in [0.25, 0.3) is 0 Å². The summed E-state index contributed by atoms with van der Waals surface area (Å²) in [6.07, 6.45) is 1.29. The molecule has 0 unspecified atom stereocenters. The molecule has 0 aliphatic carbocycles. The zero-order valence-electron chi connectivity index (χ0n) is 14.9. The van der Waals surface area contributed by atoms with E-state index < -0.39 is 5.54 Å². The average Bonchev–Trinajstić information content (AvgIpc) is 2.88. The van der Waals surface area contributed by atoms with Gasteiger partial charge in [0.15, 0.2) is 0 Å². The predicted octanol–water partition coefficient (Wildman–Crippen LogP) is 3.09. The third-order valence-electron chi connectivity index (χ3n) is 5.47. The van der Waals surface area contributed by atoms with Gasteiger partial charge in [0, 0.05) is 25.3 Å². The molecule has 2 aliphatic rings. The van der Waals surface area contributed by atoms with Crippen LogP contribution in [0.4, 0.5) is 10.5 Å². The fourth-order valence-corrected chi connectivity index (χ4v) is 4.07. The molecule has 5 heteroatoms. The molecule has 2 aliphatic heterocycles.